The van der Waals surface area contributed by atoms with Gasteiger partial charge < -0.3 is 9.64 Å². The van der Waals surface area contributed by atoms with Crippen LogP contribution in [-0.4, -0.2) is 23.6 Å². The van der Waals surface area contributed by atoms with Crippen molar-refractivity contribution in [3.05, 3.63) is 35.9 Å². The van der Waals surface area contributed by atoms with Crippen LogP contribution in [0.1, 0.15) is 38.7 Å². The normalized spacial score (nSPS) is 14.5. The number of ether oxygens (including phenoxy) is 1. The number of hydrogen-bond donors (Lipinski definition) is 0. The van der Waals surface area contributed by atoms with Crippen LogP contribution in [0.15, 0.2) is 30.3 Å². The van der Waals surface area contributed by atoms with Crippen LogP contribution in [0.4, 0.5) is 4.79 Å². The molecule has 0 unspecified atom stereocenters. The summed E-state index contributed by atoms with van der Waals surface area (Å²) in [5, 5.41) is 0. The maximum atomic E-state index is 12.1. The van der Waals surface area contributed by atoms with Crippen LogP contribution in [0, 0.1) is 5.92 Å². The fourth-order valence-corrected chi connectivity index (χ4v) is 2.01. The van der Waals surface area contributed by atoms with Crippen molar-refractivity contribution < 1.29 is 9.53 Å². The van der Waals surface area contributed by atoms with Gasteiger partial charge in [-0.1, -0.05) is 44.2 Å². The minimum absolute atomic E-state index is 0.160. The molecule has 104 valence electrons. The van der Waals surface area contributed by atoms with E-state index in [1.165, 1.54) is 0 Å². The van der Waals surface area contributed by atoms with Crippen molar-refractivity contribution in [2.24, 2.45) is 5.92 Å². The number of carbonyl (C=O) groups excluding carboxylic acids is 1. The minimum Gasteiger partial charge on any atom is -0.445 e. The molecule has 0 saturated heterocycles. The summed E-state index contributed by atoms with van der Waals surface area (Å²) in [6.45, 7) is 5.54. The highest BCUT2D eigenvalue weighted by molar-refractivity contribution is 5.68. The van der Waals surface area contributed by atoms with Gasteiger partial charge in [0.1, 0.15) is 6.61 Å². The van der Waals surface area contributed by atoms with Crippen molar-refractivity contribution in [3.63, 3.8) is 0 Å². The Hall–Kier alpha value is -1.51. The van der Waals surface area contributed by atoms with Crippen molar-refractivity contribution in [2.45, 2.75) is 45.8 Å². The number of nitrogens with zero attached hydrogens (tertiary/aromatic N) is 1. The summed E-state index contributed by atoms with van der Waals surface area (Å²) in [6.07, 6.45) is 3.13. The lowest BCUT2D eigenvalue weighted by atomic mass is 10.1. The molecule has 1 saturated carbocycles. The van der Waals surface area contributed by atoms with Crippen molar-refractivity contribution in [1.29, 1.82) is 0 Å². The maximum Gasteiger partial charge on any atom is 0.410 e. The predicted octanol–water partition coefficient (Wildman–Crippen LogP) is 3.83. The first-order chi connectivity index (χ1) is 9.16. The molecule has 0 aromatic heterocycles. The van der Waals surface area contributed by atoms with Gasteiger partial charge in [0.15, 0.2) is 0 Å². The summed E-state index contributed by atoms with van der Waals surface area (Å²) in [7, 11) is 0. The second kappa shape index (κ2) is 6.60. The fourth-order valence-electron chi connectivity index (χ4n) is 2.01. The number of rotatable bonds is 6. The molecule has 1 aromatic rings. The monoisotopic (exact) mass is 261 g/mol. The molecular weight excluding hydrogens is 238 g/mol. The van der Waals surface area contributed by atoms with E-state index in [-0.39, 0.29) is 6.09 Å². The summed E-state index contributed by atoms with van der Waals surface area (Å²) in [4.78, 5) is 14.0. The smallest absolute Gasteiger partial charge is 0.410 e. The molecule has 1 aliphatic carbocycles. The molecule has 0 heterocycles. The Labute approximate surface area is 115 Å². The molecule has 1 aromatic carbocycles. The topological polar surface area (TPSA) is 29.5 Å². The molecule has 1 amide bonds. The average Bonchev–Trinajstić information content (AvgIpc) is 3.22. The van der Waals surface area contributed by atoms with E-state index < -0.39 is 0 Å². The largest absolute Gasteiger partial charge is 0.445 e. The van der Waals surface area contributed by atoms with Gasteiger partial charge in [-0.15, -0.1) is 0 Å². The molecule has 19 heavy (non-hydrogen) atoms. The number of benzene rings is 1. The molecule has 3 heteroatoms. The first-order valence-electron chi connectivity index (χ1n) is 7.14. The Balaban J connectivity index is 1.82. The van der Waals surface area contributed by atoms with Crippen LogP contribution in [-0.2, 0) is 11.3 Å². The number of hydrogen-bond acceptors (Lipinski definition) is 2. The average molecular weight is 261 g/mol. The SMILES string of the molecule is CC(C)CCN(C(=O)OCc1ccccc1)C1CC1. The molecular formula is C16H23NO2. The first kappa shape index (κ1) is 13.9. The zero-order valence-electron chi connectivity index (χ0n) is 11.8. The van der Waals surface area contributed by atoms with Gasteiger partial charge in [0.05, 0.1) is 0 Å². The van der Waals surface area contributed by atoms with Crippen LogP contribution < -0.4 is 0 Å². The molecule has 0 aliphatic heterocycles. The quantitative estimate of drug-likeness (QED) is 0.778. The van der Waals surface area contributed by atoms with Gasteiger partial charge in [0.25, 0.3) is 0 Å². The van der Waals surface area contributed by atoms with Gasteiger partial charge >= 0.3 is 6.09 Å². The minimum atomic E-state index is -0.160. The van der Waals surface area contributed by atoms with E-state index in [0.29, 0.717) is 18.6 Å². The van der Waals surface area contributed by atoms with Crippen LogP contribution in [0.2, 0.25) is 0 Å². The first-order valence-corrected chi connectivity index (χ1v) is 7.14. The van der Waals surface area contributed by atoms with E-state index in [2.05, 4.69) is 13.8 Å². The highest BCUT2D eigenvalue weighted by Gasteiger charge is 2.33. The van der Waals surface area contributed by atoms with Crippen molar-refractivity contribution in [2.75, 3.05) is 6.54 Å². The van der Waals surface area contributed by atoms with Crippen LogP contribution in [0.5, 0.6) is 0 Å². The third kappa shape index (κ3) is 4.58. The Bertz CT molecular complexity index is 398. The summed E-state index contributed by atoms with van der Waals surface area (Å²) >= 11 is 0. The van der Waals surface area contributed by atoms with Gasteiger partial charge in [0.2, 0.25) is 0 Å². The van der Waals surface area contributed by atoms with Gasteiger partial charge in [-0.2, -0.15) is 0 Å². The molecule has 1 aliphatic rings. The van der Waals surface area contributed by atoms with E-state index in [1.54, 1.807) is 0 Å². The van der Waals surface area contributed by atoms with Crippen molar-refractivity contribution >= 4 is 6.09 Å². The van der Waals surface area contributed by atoms with E-state index >= 15 is 0 Å². The van der Waals surface area contributed by atoms with Gasteiger partial charge in [-0.25, -0.2) is 4.79 Å². The number of amides is 1. The molecule has 0 N–H and O–H groups in total. The Morgan fingerprint density at radius 2 is 2.00 bits per heavy atom. The Kier molecular flexibility index (Phi) is 4.83. The molecule has 0 bridgehead atoms. The Morgan fingerprint density at radius 1 is 1.32 bits per heavy atom. The lowest BCUT2D eigenvalue weighted by molar-refractivity contribution is 0.0918. The second-order valence-corrected chi connectivity index (χ2v) is 5.65. The molecule has 2 rings (SSSR count). The van der Waals surface area contributed by atoms with Gasteiger partial charge in [-0.3, -0.25) is 0 Å². The summed E-state index contributed by atoms with van der Waals surface area (Å²) < 4.78 is 5.41. The summed E-state index contributed by atoms with van der Waals surface area (Å²) in [6, 6.07) is 10.2. The van der Waals surface area contributed by atoms with E-state index in [9.17, 15) is 4.79 Å². The van der Waals surface area contributed by atoms with Crippen molar-refractivity contribution in [3.8, 4) is 0 Å². The highest BCUT2D eigenvalue weighted by Crippen LogP contribution is 2.28. The molecule has 3 nitrogen and oxygen atoms in total. The number of carbonyl (C=O) groups is 1. The lowest BCUT2D eigenvalue weighted by Crippen LogP contribution is -2.35. The zero-order valence-corrected chi connectivity index (χ0v) is 11.8. The molecule has 0 radical (unpaired) electrons. The third-order valence-electron chi connectivity index (χ3n) is 3.37. The highest BCUT2D eigenvalue weighted by atomic mass is 16.6. The third-order valence-corrected chi connectivity index (χ3v) is 3.37. The lowest BCUT2D eigenvalue weighted by Gasteiger charge is -2.22. The van der Waals surface area contributed by atoms with Crippen molar-refractivity contribution in [1.82, 2.24) is 4.90 Å². The van der Waals surface area contributed by atoms with E-state index in [0.717, 1.165) is 31.4 Å². The summed E-state index contributed by atoms with van der Waals surface area (Å²) in [5.41, 5.74) is 1.04. The van der Waals surface area contributed by atoms with Crippen LogP contribution in [0.25, 0.3) is 0 Å². The van der Waals surface area contributed by atoms with Gasteiger partial charge in [0, 0.05) is 12.6 Å². The standard InChI is InChI=1S/C16H23NO2/c1-13(2)10-11-17(15-8-9-15)16(18)19-12-14-6-4-3-5-7-14/h3-7,13,15H,8-12H2,1-2H3. The second-order valence-electron chi connectivity index (χ2n) is 5.65. The fraction of sp³-hybridized carbons (Fsp3) is 0.562. The van der Waals surface area contributed by atoms with Gasteiger partial charge in [-0.05, 0) is 30.7 Å². The maximum absolute atomic E-state index is 12.1. The van der Waals surface area contributed by atoms with Crippen LogP contribution in [0.3, 0.4) is 0 Å². The molecule has 0 spiro atoms. The molecule has 0 atom stereocenters. The Morgan fingerprint density at radius 3 is 2.58 bits per heavy atom. The van der Waals surface area contributed by atoms with E-state index in [4.69, 9.17) is 4.74 Å². The zero-order chi connectivity index (χ0) is 13.7. The summed E-state index contributed by atoms with van der Waals surface area (Å²) in [5.74, 6) is 0.614. The van der Waals surface area contributed by atoms with Crippen LogP contribution >= 0.6 is 0 Å². The van der Waals surface area contributed by atoms with E-state index in [1.807, 2.05) is 35.2 Å². The molecule has 1 fully saturated rings. The predicted molar refractivity (Wildman–Crippen MR) is 75.8 cm³/mol.